The number of aliphatic hydroxyl groups is 1. The monoisotopic (exact) mass is 185 g/mol. The lowest BCUT2D eigenvalue weighted by molar-refractivity contribution is 0.106. The van der Waals surface area contributed by atoms with Gasteiger partial charge >= 0.3 is 0 Å². The summed E-state index contributed by atoms with van der Waals surface area (Å²) in [5.74, 6) is 2.13. The van der Waals surface area contributed by atoms with Gasteiger partial charge in [0.05, 0.1) is 0 Å². The molecule has 3 atom stereocenters. The quantitative estimate of drug-likeness (QED) is 0.722. The predicted octanol–water partition coefficient (Wildman–Crippen LogP) is 1.59. The average molecular weight is 185 g/mol. The van der Waals surface area contributed by atoms with Crippen LogP contribution in [0.25, 0.3) is 0 Å². The van der Waals surface area contributed by atoms with E-state index in [1.807, 2.05) is 0 Å². The molecular formula is C11H23NO. The van der Waals surface area contributed by atoms with Crippen LogP contribution in [0.1, 0.15) is 27.2 Å². The Kier molecular flexibility index (Phi) is 4.20. The van der Waals surface area contributed by atoms with Gasteiger partial charge in [0.1, 0.15) is 0 Å². The van der Waals surface area contributed by atoms with Crippen molar-refractivity contribution in [2.45, 2.75) is 27.2 Å². The summed E-state index contributed by atoms with van der Waals surface area (Å²) in [5, 5.41) is 8.96. The molecule has 0 aromatic heterocycles. The lowest BCUT2D eigenvalue weighted by Crippen LogP contribution is -2.41. The lowest BCUT2D eigenvalue weighted by Gasteiger charge is -2.36. The Morgan fingerprint density at radius 3 is 2.62 bits per heavy atom. The van der Waals surface area contributed by atoms with Gasteiger partial charge in [-0.25, -0.2) is 0 Å². The molecule has 0 aromatic rings. The molecule has 1 saturated heterocycles. The summed E-state index contributed by atoms with van der Waals surface area (Å²) in [6.07, 6.45) is 1.32. The highest BCUT2D eigenvalue weighted by Crippen LogP contribution is 2.22. The first kappa shape index (κ1) is 11.0. The van der Waals surface area contributed by atoms with Crippen LogP contribution in [-0.2, 0) is 0 Å². The minimum Gasteiger partial charge on any atom is -0.396 e. The van der Waals surface area contributed by atoms with E-state index in [0.29, 0.717) is 12.5 Å². The predicted molar refractivity (Wildman–Crippen MR) is 55.6 cm³/mol. The third-order valence-electron chi connectivity index (χ3n) is 3.30. The summed E-state index contributed by atoms with van der Waals surface area (Å²) in [6, 6.07) is 0. The van der Waals surface area contributed by atoms with Crippen LogP contribution >= 0.6 is 0 Å². The number of aliphatic hydroxyl groups excluding tert-OH is 1. The first-order valence-electron chi connectivity index (χ1n) is 5.46. The average Bonchev–Trinajstić information content (AvgIpc) is 2.11. The third kappa shape index (κ3) is 3.28. The zero-order valence-electron chi connectivity index (χ0n) is 9.16. The van der Waals surface area contributed by atoms with Crippen LogP contribution in [0.4, 0.5) is 0 Å². The second-order valence-corrected chi connectivity index (χ2v) is 4.79. The summed E-state index contributed by atoms with van der Waals surface area (Å²) >= 11 is 0. The molecule has 2 nitrogen and oxygen atoms in total. The first-order chi connectivity index (χ1) is 6.13. The molecule has 1 N–H and O–H groups in total. The van der Waals surface area contributed by atoms with Gasteiger partial charge in [0, 0.05) is 19.7 Å². The van der Waals surface area contributed by atoms with Crippen molar-refractivity contribution in [3.8, 4) is 0 Å². The minimum absolute atomic E-state index is 0.320. The maximum atomic E-state index is 8.96. The van der Waals surface area contributed by atoms with Crippen molar-refractivity contribution in [1.82, 2.24) is 4.90 Å². The van der Waals surface area contributed by atoms with Crippen molar-refractivity contribution in [3.05, 3.63) is 0 Å². The topological polar surface area (TPSA) is 23.5 Å². The third-order valence-corrected chi connectivity index (χ3v) is 3.30. The van der Waals surface area contributed by atoms with Crippen LogP contribution in [0.15, 0.2) is 0 Å². The molecule has 78 valence electrons. The largest absolute Gasteiger partial charge is 0.396 e. The van der Waals surface area contributed by atoms with Gasteiger partial charge in [-0.15, -0.1) is 0 Å². The molecule has 1 rings (SSSR count). The number of likely N-dealkylation sites (tertiary alicyclic amines) is 1. The molecular weight excluding hydrogens is 162 g/mol. The first-order valence-corrected chi connectivity index (χ1v) is 5.46. The maximum absolute atomic E-state index is 8.96. The van der Waals surface area contributed by atoms with Gasteiger partial charge in [0.2, 0.25) is 0 Å². The molecule has 0 bridgehead atoms. The molecule has 2 heteroatoms. The highest BCUT2D eigenvalue weighted by Gasteiger charge is 2.23. The van der Waals surface area contributed by atoms with Gasteiger partial charge in [-0.3, -0.25) is 0 Å². The Morgan fingerprint density at radius 2 is 2.08 bits per heavy atom. The highest BCUT2D eigenvalue weighted by atomic mass is 16.3. The zero-order valence-corrected chi connectivity index (χ0v) is 9.16. The Hall–Kier alpha value is -0.0800. The van der Waals surface area contributed by atoms with E-state index >= 15 is 0 Å². The number of hydrogen-bond donors (Lipinski definition) is 1. The lowest BCUT2D eigenvalue weighted by atomic mass is 9.88. The van der Waals surface area contributed by atoms with Crippen molar-refractivity contribution in [2.75, 3.05) is 26.2 Å². The van der Waals surface area contributed by atoms with E-state index in [4.69, 9.17) is 5.11 Å². The van der Waals surface area contributed by atoms with Crippen molar-refractivity contribution in [2.24, 2.45) is 17.8 Å². The molecule has 3 unspecified atom stereocenters. The number of nitrogens with zero attached hydrogens (tertiary/aromatic N) is 1. The van der Waals surface area contributed by atoms with Crippen LogP contribution in [0.5, 0.6) is 0 Å². The van der Waals surface area contributed by atoms with E-state index in [-0.39, 0.29) is 0 Å². The molecule has 0 spiro atoms. The van der Waals surface area contributed by atoms with Gasteiger partial charge in [0.15, 0.2) is 0 Å². The fraction of sp³-hybridized carbons (Fsp3) is 1.00. The fourth-order valence-corrected chi connectivity index (χ4v) is 2.01. The summed E-state index contributed by atoms with van der Waals surface area (Å²) in [7, 11) is 0. The highest BCUT2D eigenvalue weighted by molar-refractivity contribution is 4.75. The molecule has 0 radical (unpaired) electrons. The molecule has 13 heavy (non-hydrogen) atoms. The smallest absolute Gasteiger partial charge is 0.0468 e. The second-order valence-electron chi connectivity index (χ2n) is 4.79. The summed E-state index contributed by atoms with van der Waals surface area (Å²) in [5.41, 5.74) is 0. The Labute approximate surface area is 81.9 Å². The SMILES string of the molecule is CC(CO)CN1CCC(C)C(C)C1. The molecule has 0 aromatic carbocycles. The van der Waals surface area contributed by atoms with E-state index in [9.17, 15) is 0 Å². The molecule has 0 amide bonds. The van der Waals surface area contributed by atoms with Crippen LogP contribution in [0, 0.1) is 17.8 Å². The van der Waals surface area contributed by atoms with Crippen LogP contribution in [0.2, 0.25) is 0 Å². The fourth-order valence-electron chi connectivity index (χ4n) is 2.01. The van der Waals surface area contributed by atoms with Crippen LogP contribution in [-0.4, -0.2) is 36.2 Å². The second kappa shape index (κ2) is 4.97. The number of hydrogen-bond acceptors (Lipinski definition) is 2. The van der Waals surface area contributed by atoms with E-state index < -0.39 is 0 Å². The van der Waals surface area contributed by atoms with Gasteiger partial charge < -0.3 is 10.0 Å². The van der Waals surface area contributed by atoms with Gasteiger partial charge in [-0.1, -0.05) is 20.8 Å². The van der Waals surface area contributed by atoms with Gasteiger partial charge in [0.25, 0.3) is 0 Å². The van der Waals surface area contributed by atoms with Crippen molar-refractivity contribution >= 4 is 0 Å². The van der Waals surface area contributed by atoms with Crippen molar-refractivity contribution in [3.63, 3.8) is 0 Å². The van der Waals surface area contributed by atoms with E-state index in [2.05, 4.69) is 25.7 Å². The van der Waals surface area contributed by atoms with Crippen molar-refractivity contribution < 1.29 is 5.11 Å². The maximum Gasteiger partial charge on any atom is 0.0468 e. The number of rotatable bonds is 3. The molecule has 1 heterocycles. The summed E-state index contributed by atoms with van der Waals surface area (Å²) in [6.45, 7) is 10.6. The Balaban J connectivity index is 2.29. The van der Waals surface area contributed by atoms with Gasteiger partial charge in [-0.05, 0) is 30.7 Å². The normalized spacial score (nSPS) is 33.2. The van der Waals surface area contributed by atoms with E-state index in [1.165, 1.54) is 19.5 Å². The summed E-state index contributed by atoms with van der Waals surface area (Å²) < 4.78 is 0. The number of piperidine rings is 1. The van der Waals surface area contributed by atoms with Crippen LogP contribution in [0.3, 0.4) is 0 Å². The van der Waals surface area contributed by atoms with Crippen molar-refractivity contribution in [1.29, 1.82) is 0 Å². The molecule has 1 fully saturated rings. The standard InChI is InChI=1S/C11H23NO/c1-9(8-13)6-12-5-4-10(2)11(3)7-12/h9-11,13H,4-8H2,1-3H3. The molecule has 0 aliphatic carbocycles. The summed E-state index contributed by atoms with van der Waals surface area (Å²) in [4.78, 5) is 2.49. The molecule has 0 saturated carbocycles. The van der Waals surface area contributed by atoms with E-state index in [0.717, 1.165) is 18.4 Å². The van der Waals surface area contributed by atoms with Gasteiger partial charge in [-0.2, -0.15) is 0 Å². The zero-order chi connectivity index (χ0) is 9.84. The molecule has 1 aliphatic heterocycles. The van der Waals surface area contributed by atoms with Crippen LogP contribution < -0.4 is 0 Å². The Morgan fingerprint density at radius 1 is 1.38 bits per heavy atom. The Bertz CT molecular complexity index is 147. The van der Waals surface area contributed by atoms with E-state index in [1.54, 1.807) is 0 Å². The minimum atomic E-state index is 0.320. The molecule has 1 aliphatic rings.